The molecule has 110 valence electrons. The standard InChI is InChI=1S/C13H18ClN3O3/c1-4-16(5-2)13(18)9(3)15-12-7-6-10(17(19)20)8-11(12)14/h6-9,15H,4-5H2,1-3H3. The van der Waals surface area contributed by atoms with Gasteiger partial charge in [-0.3, -0.25) is 14.9 Å². The number of halogens is 1. The van der Waals surface area contributed by atoms with Crippen LogP contribution in [-0.4, -0.2) is 34.9 Å². The number of non-ortho nitro benzene ring substituents is 1. The highest BCUT2D eigenvalue weighted by Crippen LogP contribution is 2.27. The van der Waals surface area contributed by atoms with Crippen molar-refractivity contribution < 1.29 is 9.72 Å². The molecule has 0 heterocycles. The van der Waals surface area contributed by atoms with E-state index in [-0.39, 0.29) is 16.6 Å². The van der Waals surface area contributed by atoms with E-state index >= 15 is 0 Å². The molecule has 0 fully saturated rings. The van der Waals surface area contributed by atoms with Gasteiger partial charge in [0.25, 0.3) is 5.69 Å². The molecule has 1 aromatic carbocycles. The van der Waals surface area contributed by atoms with Crippen LogP contribution in [0.3, 0.4) is 0 Å². The molecule has 0 aliphatic heterocycles. The monoisotopic (exact) mass is 299 g/mol. The number of carbonyl (C=O) groups is 1. The second-order valence-electron chi connectivity index (χ2n) is 4.30. The van der Waals surface area contributed by atoms with Crippen LogP contribution in [0.5, 0.6) is 0 Å². The second-order valence-corrected chi connectivity index (χ2v) is 4.71. The van der Waals surface area contributed by atoms with Crippen molar-refractivity contribution >= 4 is 28.9 Å². The van der Waals surface area contributed by atoms with Crippen molar-refractivity contribution in [3.8, 4) is 0 Å². The molecule has 6 nitrogen and oxygen atoms in total. The van der Waals surface area contributed by atoms with Crippen LogP contribution >= 0.6 is 11.6 Å². The lowest BCUT2D eigenvalue weighted by Gasteiger charge is -2.24. The number of hydrogen-bond donors (Lipinski definition) is 1. The van der Waals surface area contributed by atoms with Crippen molar-refractivity contribution in [1.82, 2.24) is 4.90 Å². The van der Waals surface area contributed by atoms with Crippen molar-refractivity contribution in [1.29, 1.82) is 0 Å². The van der Waals surface area contributed by atoms with Crippen LogP contribution in [0.2, 0.25) is 5.02 Å². The molecule has 0 bridgehead atoms. The number of benzene rings is 1. The number of anilines is 1. The number of amides is 1. The summed E-state index contributed by atoms with van der Waals surface area (Å²) in [5.41, 5.74) is 0.425. The quantitative estimate of drug-likeness (QED) is 0.647. The van der Waals surface area contributed by atoms with Crippen molar-refractivity contribution in [3.63, 3.8) is 0 Å². The van der Waals surface area contributed by atoms with Gasteiger partial charge in [0, 0.05) is 25.2 Å². The molecule has 1 atom stereocenters. The Balaban J connectivity index is 2.83. The summed E-state index contributed by atoms with van der Waals surface area (Å²) in [6.07, 6.45) is 0. The summed E-state index contributed by atoms with van der Waals surface area (Å²) in [6.45, 7) is 6.82. The van der Waals surface area contributed by atoms with E-state index in [9.17, 15) is 14.9 Å². The summed E-state index contributed by atoms with van der Waals surface area (Å²) in [5.74, 6) is -0.0376. The summed E-state index contributed by atoms with van der Waals surface area (Å²) in [6, 6.07) is 3.67. The number of nitro groups is 1. The third kappa shape index (κ3) is 3.84. The Kier molecular flexibility index (Phi) is 5.76. The zero-order valence-electron chi connectivity index (χ0n) is 11.7. The molecule has 7 heteroatoms. The fourth-order valence-electron chi connectivity index (χ4n) is 1.84. The van der Waals surface area contributed by atoms with Crippen molar-refractivity contribution in [2.45, 2.75) is 26.8 Å². The number of nitrogens with one attached hydrogen (secondary N) is 1. The average molecular weight is 300 g/mol. The molecule has 1 amide bonds. The Hall–Kier alpha value is -1.82. The van der Waals surface area contributed by atoms with E-state index in [0.29, 0.717) is 18.8 Å². The van der Waals surface area contributed by atoms with E-state index in [1.807, 2.05) is 13.8 Å². The lowest BCUT2D eigenvalue weighted by Crippen LogP contribution is -2.41. The second kappa shape index (κ2) is 7.09. The van der Waals surface area contributed by atoms with Gasteiger partial charge in [0.15, 0.2) is 0 Å². The molecule has 20 heavy (non-hydrogen) atoms. The smallest absolute Gasteiger partial charge is 0.271 e. The number of nitro benzene ring substituents is 1. The lowest BCUT2D eigenvalue weighted by atomic mass is 10.2. The topological polar surface area (TPSA) is 75.5 Å². The van der Waals surface area contributed by atoms with Crippen LogP contribution in [0, 0.1) is 10.1 Å². The molecule has 0 aliphatic rings. The van der Waals surface area contributed by atoms with E-state index < -0.39 is 11.0 Å². The predicted molar refractivity (Wildman–Crippen MR) is 79.1 cm³/mol. The highest BCUT2D eigenvalue weighted by molar-refractivity contribution is 6.33. The van der Waals surface area contributed by atoms with Crippen molar-refractivity contribution in [2.75, 3.05) is 18.4 Å². The molecule has 1 aromatic rings. The van der Waals surface area contributed by atoms with Gasteiger partial charge in [0.05, 0.1) is 15.6 Å². The molecule has 0 aromatic heterocycles. The highest BCUT2D eigenvalue weighted by Gasteiger charge is 2.19. The van der Waals surface area contributed by atoms with Gasteiger partial charge in [0.2, 0.25) is 5.91 Å². The lowest BCUT2D eigenvalue weighted by molar-refractivity contribution is -0.384. The van der Waals surface area contributed by atoms with Gasteiger partial charge in [-0.2, -0.15) is 0 Å². The summed E-state index contributed by atoms with van der Waals surface area (Å²) < 4.78 is 0. The van der Waals surface area contributed by atoms with E-state index in [4.69, 9.17) is 11.6 Å². The van der Waals surface area contributed by atoms with Crippen LogP contribution in [0.25, 0.3) is 0 Å². The first-order valence-corrected chi connectivity index (χ1v) is 6.77. The summed E-state index contributed by atoms with van der Waals surface area (Å²) >= 11 is 5.98. The summed E-state index contributed by atoms with van der Waals surface area (Å²) in [4.78, 5) is 23.9. The van der Waals surface area contributed by atoms with Gasteiger partial charge in [-0.25, -0.2) is 0 Å². The molecule has 1 rings (SSSR count). The zero-order valence-corrected chi connectivity index (χ0v) is 12.5. The maximum absolute atomic E-state index is 12.1. The van der Waals surface area contributed by atoms with Crippen LogP contribution in [0.4, 0.5) is 11.4 Å². The molecule has 0 saturated heterocycles. The predicted octanol–water partition coefficient (Wildman–Crippen LogP) is 2.92. The van der Waals surface area contributed by atoms with Crippen molar-refractivity contribution in [3.05, 3.63) is 33.3 Å². The van der Waals surface area contributed by atoms with Gasteiger partial charge in [-0.05, 0) is 26.8 Å². The molecule has 0 aliphatic carbocycles. The number of hydrogen-bond acceptors (Lipinski definition) is 4. The van der Waals surface area contributed by atoms with E-state index in [1.54, 1.807) is 11.8 Å². The van der Waals surface area contributed by atoms with Crippen LogP contribution in [-0.2, 0) is 4.79 Å². The molecular formula is C13H18ClN3O3. The van der Waals surface area contributed by atoms with Gasteiger partial charge in [-0.1, -0.05) is 11.6 Å². The number of nitrogens with zero attached hydrogens (tertiary/aromatic N) is 2. The van der Waals surface area contributed by atoms with Crippen molar-refractivity contribution in [2.24, 2.45) is 0 Å². The van der Waals surface area contributed by atoms with Gasteiger partial charge < -0.3 is 10.2 Å². The minimum absolute atomic E-state index is 0.0376. The SMILES string of the molecule is CCN(CC)C(=O)C(C)Nc1ccc([N+](=O)[O-])cc1Cl. The molecule has 1 unspecified atom stereocenters. The maximum atomic E-state index is 12.1. The van der Waals surface area contributed by atoms with Gasteiger partial charge in [-0.15, -0.1) is 0 Å². The maximum Gasteiger partial charge on any atom is 0.271 e. The molecule has 1 N–H and O–H groups in total. The first-order valence-electron chi connectivity index (χ1n) is 6.39. The van der Waals surface area contributed by atoms with Gasteiger partial charge >= 0.3 is 0 Å². The third-order valence-electron chi connectivity index (χ3n) is 2.98. The van der Waals surface area contributed by atoms with E-state index in [2.05, 4.69) is 5.32 Å². The van der Waals surface area contributed by atoms with Gasteiger partial charge in [0.1, 0.15) is 6.04 Å². The zero-order chi connectivity index (χ0) is 15.3. The Labute approximate surface area is 122 Å². The number of carbonyl (C=O) groups excluding carboxylic acids is 1. The number of likely N-dealkylation sites (N-methyl/N-ethyl adjacent to an activating group) is 1. The largest absolute Gasteiger partial charge is 0.373 e. The normalized spacial score (nSPS) is 11.8. The molecule has 0 radical (unpaired) electrons. The minimum Gasteiger partial charge on any atom is -0.373 e. The first-order chi connectivity index (χ1) is 9.40. The Morgan fingerprint density at radius 3 is 2.50 bits per heavy atom. The Bertz CT molecular complexity index is 504. The highest BCUT2D eigenvalue weighted by atomic mass is 35.5. The number of rotatable bonds is 6. The fraction of sp³-hybridized carbons (Fsp3) is 0.462. The first kappa shape index (κ1) is 16.2. The molecule has 0 saturated carbocycles. The molecule has 0 spiro atoms. The minimum atomic E-state index is -0.514. The summed E-state index contributed by atoms with van der Waals surface area (Å²) in [5, 5.41) is 13.8. The van der Waals surface area contributed by atoms with E-state index in [1.165, 1.54) is 18.2 Å². The van der Waals surface area contributed by atoms with Crippen LogP contribution < -0.4 is 5.32 Å². The Morgan fingerprint density at radius 1 is 1.45 bits per heavy atom. The van der Waals surface area contributed by atoms with Crippen LogP contribution in [0.1, 0.15) is 20.8 Å². The molecular weight excluding hydrogens is 282 g/mol. The fourth-order valence-corrected chi connectivity index (χ4v) is 2.07. The van der Waals surface area contributed by atoms with Crippen LogP contribution in [0.15, 0.2) is 18.2 Å². The average Bonchev–Trinajstić information content (AvgIpc) is 2.41. The summed E-state index contributed by atoms with van der Waals surface area (Å²) in [7, 11) is 0. The third-order valence-corrected chi connectivity index (χ3v) is 3.29. The van der Waals surface area contributed by atoms with E-state index in [0.717, 1.165) is 0 Å². The Morgan fingerprint density at radius 2 is 2.05 bits per heavy atom.